The van der Waals surface area contributed by atoms with Crippen LogP contribution in [0.4, 0.5) is 5.82 Å². The molecule has 126 valence electrons. The van der Waals surface area contributed by atoms with Crippen molar-refractivity contribution in [2.45, 2.75) is 19.0 Å². The molecule has 0 unspecified atom stereocenters. The molecule has 0 bridgehead atoms. The highest BCUT2D eigenvalue weighted by Crippen LogP contribution is 2.17. The highest BCUT2D eigenvalue weighted by molar-refractivity contribution is 7.99. The summed E-state index contributed by atoms with van der Waals surface area (Å²) in [7, 11) is 0. The van der Waals surface area contributed by atoms with Crippen molar-refractivity contribution in [1.29, 1.82) is 0 Å². The normalized spacial score (nSPS) is 14.8. The van der Waals surface area contributed by atoms with Crippen molar-refractivity contribution in [2.75, 3.05) is 36.8 Å². The molecule has 1 fully saturated rings. The number of amides is 1. The van der Waals surface area contributed by atoms with Crippen LogP contribution < -0.4 is 4.90 Å². The van der Waals surface area contributed by atoms with Gasteiger partial charge in [0.25, 0.3) is 0 Å². The fraction of sp³-hybridized carbons (Fsp3) is 0.412. The predicted molar refractivity (Wildman–Crippen MR) is 95.3 cm³/mol. The van der Waals surface area contributed by atoms with Crippen molar-refractivity contribution in [2.24, 2.45) is 0 Å². The third kappa shape index (κ3) is 4.23. The summed E-state index contributed by atoms with van der Waals surface area (Å²) in [4.78, 5) is 29.6. The predicted octanol–water partition coefficient (Wildman–Crippen LogP) is 1.93. The summed E-state index contributed by atoms with van der Waals surface area (Å²) < 4.78 is 0. The third-order valence-electron chi connectivity index (χ3n) is 3.89. The highest BCUT2D eigenvalue weighted by Gasteiger charge is 2.22. The Labute approximate surface area is 146 Å². The second-order valence-electron chi connectivity index (χ2n) is 5.78. The van der Waals surface area contributed by atoms with Gasteiger partial charge >= 0.3 is 0 Å². The van der Waals surface area contributed by atoms with Gasteiger partial charge < -0.3 is 9.80 Å². The average molecular weight is 343 g/mol. The van der Waals surface area contributed by atoms with E-state index >= 15 is 0 Å². The average Bonchev–Trinajstić information content (AvgIpc) is 2.60. The maximum atomic E-state index is 12.4. The summed E-state index contributed by atoms with van der Waals surface area (Å²) in [6.45, 7) is 6.96. The monoisotopic (exact) mass is 343 g/mol. The number of rotatable bonds is 4. The van der Waals surface area contributed by atoms with Gasteiger partial charge in [-0.2, -0.15) is 0 Å². The molecule has 0 spiro atoms. The van der Waals surface area contributed by atoms with Crippen molar-refractivity contribution >= 4 is 23.5 Å². The smallest absolute Gasteiger partial charge is 0.233 e. The number of carbonyl (C=O) groups is 1. The van der Waals surface area contributed by atoms with Crippen molar-refractivity contribution in [3.05, 3.63) is 41.9 Å². The highest BCUT2D eigenvalue weighted by atomic mass is 32.2. The molecule has 1 aliphatic heterocycles. The van der Waals surface area contributed by atoms with E-state index in [1.54, 1.807) is 6.20 Å². The van der Waals surface area contributed by atoms with E-state index in [1.165, 1.54) is 11.8 Å². The summed E-state index contributed by atoms with van der Waals surface area (Å²) in [6.07, 6.45) is 1.80. The van der Waals surface area contributed by atoms with Crippen LogP contribution in [0.1, 0.15) is 11.4 Å². The van der Waals surface area contributed by atoms with Gasteiger partial charge in [0, 0.05) is 43.8 Å². The number of hydrogen-bond acceptors (Lipinski definition) is 6. The Morgan fingerprint density at radius 2 is 1.83 bits per heavy atom. The molecule has 1 amide bonds. The largest absolute Gasteiger partial charge is 0.353 e. The lowest BCUT2D eigenvalue weighted by Gasteiger charge is -2.35. The first-order valence-corrected chi connectivity index (χ1v) is 8.99. The van der Waals surface area contributed by atoms with Gasteiger partial charge in [0.05, 0.1) is 5.75 Å². The quantitative estimate of drug-likeness (QED) is 0.624. The van der Waals surface area contributed by atoms with Crippen LogP contribution in [0.5, 0.6) is 0 Å². The Morgan fingerprint density at radius 1 is 1.12 bits per heavy atom. The Bertz CT molecular complexity index is 681. The van der Waals surface area contributed by atoms with Crippen molar-refractivity contribution < 1.29 is 4.79 Å². The summed E-state index contributed by atoms with van der Waals surface area (Å²) >= 11 is 1.41. The molecule has 1 aliphatic rings. The number of aromatic nitrogens is 3. The zero-order chi connectivity index (χ0) is 16.9. The number of hydrogen-bond donors (Lipinski definition) is 0. The molecule has 0 radical (unpaired) electrons. The molecule has 0 aromatic carbocycles. The molecule has 6 nitrogen and oxygen atoms in total. The van der Waals surface area contributed by atoms with Gasteiger partial charge in [-0.25, -0.2) is 15.0 Å². The van der Waals surface area contributed by atoms with E-state index in [0.717, 1.165) is 43.4 Å². The molecule has 0 atom stereocenters. The first-order chi connectivity index (χ1) is 11.6. The first kappa shape index (κ1) is 16.7. The van der Waals surface area contributed by atoms with E-state index in [4.69, 9.17) is 0 Å². The Morgan fingerprint density at radius 3 is 2.46 bits per heavy atom. The van der Waals surface area contributed by atoms with Gasteiger partial charge in [-0.3, -0.25) is 4.79 Å². The second-order valence-corrected chi connectivity index (χ2v) is 6.72. The van der Waals surface area contributed by atoms with Gasteiger partial charge in [0.1, 0.15) is 5.82 Å². The van der Waals surface area contributed by atoms with Crippen molar-refractivity contribution in [3.8, 4) is 0 Å². The van der Waals surface area contributed by atoms with Crippen LogP contribution in [0.3, 0.4) is 0 Å². The Hall–Kier alpha value is -2.15. The molecule has 24 heavy (non-hydrogen) atoms. The minimum Gasteiger partial charge on any atom is -0.353 e. The van der Waals surface area contributed by atoms with Crippen LogP contribution in [0.2, 0.25) is 0 Å². The SMILES string of the molecule is Cc1cc(C)nc(SCC(=O)N2CCN(c3ccccn3)CC2)n1. The molecule has 0 N–H and O–H groups in total. The fourth-order valence-electron chi connectivity index (χ4n) is 2.70. The van der Waals surface area contributed by atoms with Crippen LogP contribution in [-0.2, 0) is 4.79 Å². The van der Waals surface area contributed by atoms with E-state index in [-0.39, 0.29) is 5.91 Å². The number of nitrogens with zero attached hydrogens (tertiary/aromatic N) is 5. The van der Waals surface area contributed by atoms with E-state index in [9.17, 15) is 4.79 Å². The molecule has 0 saturated carbocycles. The lowest BCUT2D eigenvalue weighted by Crippen LogP contribution is -2.49. The second kappa shape index (κ2) is 7.61. The first-order valence-electron chi connectivity index (χ1n) is 8.00. The molecule has 2 aromatic heterocycles. The topological polar surface area (TPSA) is 62.2 Å². The molecule has 3 heterocycles. The van der Waals surface area contributed by atoms with Gasteiger partial charge in [-0.1, -0.05) is 17.8 Å². The maximum absolute atomic E-state index is 12.4. The van der Waals surface area contributed by atoms with Crippen LogP contribution in [0, 0.1) is 13.8 Å². The molecule has 7 heteroatoms. The van der Waals surface area contributed by atoms with Crippen LogP contribution >= 0.6 is 11.8 Å². The molecular formula is C17H21N5OS. The van der Waals surface area contributed by atoms with Gasteiger partial charge in [0.2, 0.25) is 5.91 Å². The summed E-state index contributed by atoms with van der Waals surface area (Å²) in [5, 5.41) is 0.674. The number of piperazine rings is 1. The van der Waals surface area contributed by atoms with Crippen molar-refractivity contribution in [1.82, 2.24) is 19.9 Å². The zero-order valence-corrected chi connectivity index (χ0v) is 14.8. The zero-order valence-electron chi connectivity index (χ0n) is 14.0. The number of aryl methyl sites for hydroxylation is 2. The Balaban J connectivity index is 1.50. The van der Waals surface area contributed by atoms with Gasteiger partial charge in [0.15, 0.2) is 5.16 Å². The van der Waals surface area contributed by atoms with Gasteiger partial charge in [-0.05, 0) is 32.0 Å². The molecule has 2 aromatic rings. The van der Waals surface area contributed by atoms with E-state index < -0.39 is 0 Å². The minimum atomic E-state index is 0.142. The summed E-state index contributed by atoms with van der Waals surface area (Å²) in [5.74, 6) is 1.50. The van der Waals surface area contributed by atoms with Crippen molar-refractivity contribution in [3.63, 3.8) is 0 Å². The summed E-state index contributed by atoms with van der Waals surface area (Å²) in [5.41, 5.74) is 1.86. The molecule has 3 rings (SSSR count). The molecular weight excluding hydrogens is 322 g/mol. The van der Waals surface area contributed by atoms with E-state index in [2.05, 4.69) is 19.9 Å². The molecule has 0 aliphatic carbocycles. The van der Waals surface area contributed by atoms with E-state index in [0.29, 0.717) is 10.9 Å². The van der Waals surface area contributed by atoms with Crippen LogP contribution in [0.15, 0.2) is 35.6 Å². The number of thioether (sulfide) groups is 1. The summed E-state index contributed by atoms with van der Waals surface area (Å²) in [6, 6.07) is 7.84. The van der Waals surface area contributed by atoms with Crippen LogP contribution in [-0.4, -0.2) is 57.7 Å². The minimum absolute atomic E-state index is 0.142. The molecule has 1 saturated heterocycles. The fourth-order valence-corrected chi connectivity index (χ4v) is 3.55. The standard InChI is InChI=1S/C17H21N5OS/c1-13-11-14(2)20-17(19-13)24-12-16(23)22-9-7-21(8-10-22)15-5-3-4-6-18-15/h3-6,11H,7-10,12H2,1-2H3. The number of pyridine rings is 1. The third-order valence-corrected chi connectivity index (χ3v) is 4.72. The lowest BCUT2D eigenvalue weighted by molar-refractivity contribution is -0.128. The Kier molecular flexibility index (Phi) is 5.30. The lowest BCUT2D eigenvalue weighted by atomic mass is 10.3. The van der Waals surface area contributed by atoms with Crippen LogP contribution in [0.25, 0.3) is 0 Å². The van der Waals surface area contributed by atoms with E-state index in [1.807, 2.05) is 43.0 Å². The maximum Gasteiger partial charge on any atom is 0.233 e. The number of carbonyl (C=O) groups excluding carboxylic acids is 1. The number of anilines is 1. The van der Waals surface area contributed by atoms with Gasteiger partial charge in [-0.15, -0.1) is 0 Å².